The Morgan fingerprint density at radius 3 is 2.91 bits per heavy atom. The van der Waals surface area contributed by atoms with E-state index in [0.29, 0.717) is 24.3 Å². The second-order valence-corrected chi connectivity index (χ2v) is 6.72. The van der Waals surface area contributed by atoms with Crippen LogP contribution in [0.4, 0.5) is 0 Å². The van der Waals surface area contributed by atoms with Crippen LogP contribution in [-0.4, -0.2) is 50.4 Å². The number of aliphatic carboxylic acids is 1. The molecule has 0 saturated carbocycles. The number of carboxylic acid groups (broad SMARTS) is 1. The summed E-state index contributed by atoms with van der Waals surface area (Å²) in [5.41, 5.74) is 1.40. The third-order valence-electron chi connectivity index (χ3n) is 4.23. The Hall–Kier alpha value is -2.22. The summed E-state index contributed by atoms with van der Waals surface area (Å²) in [6, 6.07) is 1.92. The summed E-state index contributed by atoms with van der Waals surface area (Å²) in [5, 5.41) is 21.4. The molecule has 23 heavy (non-hydrogen) atoms. The van der Waals surface area contributed by atoms with Gasteiger partial charge in [-0.15, -0.1) is 11.3 Å². The SMILES string of the molecule is CCc1cc(C(=O)N2C[C@H](CC(=O)O)[C@H](c3cn[nH]n3)C2)cs1. The number of likely N-dealkylation sites (tertiary alicyclic amines) is 1. The number of carbonyl (C=O) groups excluding carboxylic acids is 1. The van der Waals surface area contributed by atoms with Crippen LogP contribution in [0.25, 0.3) is 0 Å². The van der Waals surface area contributed by atoms with Gasteiger partial charge in [-0.1, -0.05) is 6.92 Å². The molecule has 122 valence electrons. The van der Waals surface area contributed by atoms with Crippen LogP contribution in [0.2, 0.25) is 0 Å². The lowest BCUT2D eigenvalue weighted by molar-refractivity contribution is -0.138. The van der Waals surface area contributed by atoms with Crippen LogP contribution in [0.3, 0.4) is 0 Å². The van der Waals surface area contributed by atoms with E-state index < -0.39 is 5.97 Å². The number of carboxylic acids is 1. The molecule has 1 saturated heterocycles. The molecule has 0 bridgehead atoms. The van der Waals surface area contributed by atoms with Crippen molar-refractivity contribution in [3.8, 4) is 0 Å². The van der Waals surface area contributed by atoms with Crippen molar-refractivity contribution in [3.63, 3.8) is 0 Å². The molecule has 1 fully saturated rings. The van der Waals surface area contributed by atoms with Gasteiger partial charge < -0.3 is 10.0 Å². The molecular formula is C15H18N4O3S. The Labute approximate surface area is 137 Å². The van der Waals surface area contributed by atoms with Gasteiger partial charge in [0.2, 0.25) is 0 Å². The fourth-order valence-corrected chi connectivity index (χ4v) is 3.86. The quantitative estimate of drug-likeness (QED) is 0.868. The van der Waals surface area contributed by atoms with Gasteiger partial charge >= 0.3 is 5.97 Å². The van der Waals surface area contributed by atoms with Crippen molar-refractivity contribution in [3.05, 3.63) is 33.8 Å². The van der Waals surface area contributed by atoms with Crippen LogP contribution in [-0.2, 0) is 11.2 Å². The van der Waals surface area contributed by atoms with Crippen LogP contribution < -0.4 is 0 Å². The van der Waals surface area contributed by atoms with Gasteiger partial charge in [0.25, 0.3) is 5.91 Å². The average molecular weight is 334 g/mol. The first kappa shape index (κ1) is 15.7. The van der Waals surface area contributed by atoms with Gasteiger partial charge in [-0.2, -0.15) is 15.4 Å². The number of aryl methyl sites for hydroxylation is 1. The van der Waals surface area contributed by atoms with Gasteiger partial charge in [0.1, 0.15) is 0 Å². The standard InChI is InChI=1S/C15H18N4O3S/c1-2-11-3-10(8-23-11)15(22)19-6-9(4-14(20)21)12(7-19)13-5-16-18-17-13/h3,5,8-9,12H,2,4,6-7H2,1H3,(H,20,21)(H,16,17,18)/t9-,12+/m0/s1. The molecule has 2 atom stereocenters. The van der Waals surface area contributed by atoms with Gasteiger partial charge in [-0.05, 0) is 18.4 Å². The zero-order valence-electron chi connectivity index (χ0n) is 12.7. The van der Waals surface area contributed by atoms with E-state index in [9.17, 15) is 9.59 Å². The molecule has 1 aliphatic rings. The Balaban J connectivity index is 1.78. The normalized spacial score (nSPS) is 20.8. The molecule has 3 rings (SSSR count). The highest BCUT2D eigenvalue weighted by atomic mass is 32.1. The molecule has 7 nitrogen and oxygen atoms in total. The largest absolute Gasteiger partial charge is 0.481 e. The maximum absolute atomic E-state index is 12.7. The van der Waals surface area contributed by atoms with Crippen molar-refractivity contribution >= 4 is 23.2 Å². The molecule has 0 unspecified atom stereocenters. The molecule has 3 heterocycles. The number of thiophene rings is 1. The van der Waals surface area contributed by atoms with Crippen molar-refractivity contribution in [1.29, 1.82) is 0 Å². The van der Waals surface area contributed by atoms with Gasteiger partial charge in [0, 0.05) is 29.3 Å². The summed E-state index contributed by atoms with van der Waals surface area (Å²) >= 11 is 1.58. The first-order valence-electron chi connectivity index (χ1n) is 7.52. The van der Waals surface area contributed by atoms with Gasteiger partial charge in [0.15, 0.2) is 0 Å². The van der Waals surface area contributed by atoms with Crippen molar-refractivity contribution < 1.29 is 14.7 Å². The summed E-state index contributed by atoms with van der Waals surface area (Å²) < 4.78 is 0. The smallest absolute Gasteiger partial charge is 0.303 e. The Morgan fingerprint density at radius 2 is 2.30 bits per heavy atom. The zero-order valence-corrected chi connectivity index (χ0v) is 13.5. The minimum atomic E-state index is -0.860. The molecule has 2 aromatic heterocycles. The second-order valence-electron chi connectivity index (χ2n) is 5.72. The van der Waals surface area contributed by atoms with Gasteiger partial charge in [0.05, 0.1) is 23.9 Å². The lowest BCUT2D eigenvalue weighted by atomic mass is 9.91. The molecular weight excluding hydrogens is 316 g/mol. The van der Waals surface area contributed by atoms with E-state index >= 15 is 0 Å². The Morgan fingerprint density at radius 1 is 1.48 bits per heavy atom. The third kappa shape index (κ3) is 3.26. The number of H-pyrrole nitrogens is 1. The van der Waals surface area contributed by atoms with Gasteiger partial charge in [-0.25, -0.2) is 0 Å². The fraction of sp³-hybridized carbons (Fsp3) is 0.467. The molecule has 1 amide bonds. The number of amides is 1. The van der Waals surface area contributed by atoms with Crippen LogP contribution in [0.1, 0.15) is 40.2 Å². The lowest BCUT2D eigenvalue weighted by Gasteiger charge is -2.15. The topological polar surface area (TPSA) is 99.2 Å². The number of hydrogen-bond acceptors (Lipinski definition) is 5. The van der Waals surface area contributed by atoms with Crippen molar-refractivity contribution in [2.24, 2.45) is 5.92 Å². The first-order chi connectivity index (χ1) is 11.1. The number of aromatic nitrogens is 3. The summed E-state index contributed by atoms with van der Waals surface area (Å²) in [5.74, 6) is -1.15. The molecule has 2 aromatic rings. The predicted molar refractivity (Wildman–Crippen MR) is 84.5 cm³/mol. The first-order valence-corrected chi connectivity index (χ1v) is 8.40. The molecule has 0 aliphatic carbocycles. The van der Waals surface area contributed by atoms with E-state index in [1.807, 2.05) is 11.4 Å². The maximum Gasteiger partial charge on any atom is 0.303 e. The van der Waals surface area contributed by atoms with E-state index in [2.05, 4.69) is 22.3 Å². The number of hydrogen-bond donors (Lipinski definition) is 2. The van der Waals surface area contributed by atoms with Crippen LogP contribution >= 0.6 is 11.3 Å². The molecule has 1 aliphatic heterocycles. The highest BCUT2D eigenvalue weighted by Gasteiger charge is 2.39. The van der Waals surface area contributed by atoms with Crippen molar-refractivity contribution in [2.45, 2.75) is 25.7 Å². The van der Waals surface area contributed by atoms with E-state index in [1.165, 1.54) is 4.88 Å². The number of nitrogens with one attached hydrogen (secondary N) is 1. The van der Waals surface area contributed by atoms with Gasteiger partial charge in [-0.3, -0.25) is 9.59 Å². The second kappa shape index (κ2) is 6.49. The molecule has 8 heteroatoms. The lowest BCUT2D eigenvalue weighted by Crippen LogP contribution is -2.28. The van der Waals surface area contributed by atoms with E-state index in [1.54, 1.807) is 22.4 Å². The zero-order chi connectivity index (χ0) is 16.4. The van der Waals surface area contributed by atoms with E-state index in [4.69, 9.17) is 5.11 Å². The number of carbonyl (C=O) groups is 2. The summed E-state index contributed by atoms with van der Waals surface area (Å²) in [7, 11) is 0. The molecule has 2 N–H and O–H groups in total. The maximum atomic E-state index is 12.7. The van der Waals surface area contributed by atoms with Crippen molar-refractivity contribution in [1.82, 2.24) is 20.3 Å². The number of rotatable bonds is 5. The highest BCUT2D eigenvalue weighted by Crippen LogP contribution is 2.34. The molecule has 0 aromatic carbocycles. The predicted octanol–water partition coefficient (Wildman–Crippen LogP) is 1.76. The molecule has 0 spiro atoms. The minimum Gasteiger partial charge on any atom is -0.481 e. The number of nitrogens with zero attached hydrogens (tertiary/aromatic N) is 3. The third-order valence-corrected chi connectivity index (χ3v) is 5.31. The molecule has 0 radical (unpaired) electrons. The van der Waals surface area contributed by atoms with Crippen LogP contribution in [0.5, 0.6) is 0 Å². The number of aromatic amines is 1. The van der Waals surface area contributed by atoms with E-state index in [0.717, 1.165) is 6.42 Å². The highest BCUT2D eigenvalue weighted by molar-refractivity contribution is 7.10. The Kier molecular flexibility index (Phi) is 4.42. The summed E-state index contributed by atoms with van der Waals surface area (Å²) in [6.07, 6.45) is 2.53. The van der Waals surface area contributed by atoms with Crippen molar-refractivity contribution in [2.75, 3.05) is 13.1 Å². The minimum absolute atomic E-state index is 0.0190. The fourth-order valence-electron chi connectivity index (χ4n) is 3.05. The summed E-state index contributed by atoms with van der Waals surface area (Å²) in [6.45, 7) is 2.96. The van der Waals surface area contributed by atoms with Crippen LogP contribution in [0.15, 0.2) is 17.6 Å². The van der Waals surface area contributed by atoms with E-state index in [-0.39, 0.29) is 24.2 Å². The van der Waals surface area contributed by atoms with Crippen LogP contribution in [0, 0.1) is 5.92 Å². The summed E-state index contributed by atoms with van der Waals surface area (Å²) in [4.78, 5) is 26.7. The average Bonchev–Trinajstić information content (AvgIpc) is 3.25. The Bertz CT molecular complexity index is 697. The monoisotopic (exact) mass is 334 g/mol.